The number of nitrogens with one attached hydrogen (secondary N) is 2. The van der Waals surface area contributed by atoms with Gasteiger partial charge in [-0.05, 0) is 42.2 Å². The number of aliphatic hydroxyl groups is 1. The predicted octanol–water partition coefficient (Wildman–Crippen LogP) is 3.62. The van der Waals surface area contributed by atoms with Crippen molar-refractivity contribution in [2.45, 2.75) is 25.9 Å². The minimum atomic E-state index is -0.0235. The van der Waals surface area contributed by atoms with Crippen LogP contribution in [0.3, 0.4) is 0 Å². The summed E-state index contributed by atoms with van der Waals surface area (Å²) in [5.41, 5.74) is 3.90. The molecule has 4 nitrogen and oxygen atoms in total. The van der Waals surface area contributed by atoms with Crippen LogP contribution >= 0.6 is 0 Å². The van der Waals surface area contributed by atoms with Crippen LogP contribution in [0.25, 0.3) is 10.9 Å². The van der Waals surface area contributed by atoms with E-state index in [4.69, 9.17) is 5.11 Å². The third kappa shape index (κ3) is 3.79. The number of aromatic nitrogens is 1. The van der Waals surface area contributed by atoms with Crippen LogP contribution in [0.1, 0.15) is 24.0 Å². The molecule has 4 heteroatoms. The molecule has 3 rings (SSSR count). The fourth-order valence-corrected chi connectivity index (χ4v) is 2.75. The number of amides is 1. The first-order chi connectivity index (χ1) is 11.3. The average Bonchev–Trinajstić information content (AvgIpc) is 2.98. The Kier molecular flexibility index (Phi) is 4.74. The number of benzene rings is 2. The van der Waals surface area contributed by atoms with Gasteiger partial charge in [-0.1, -0.05) is 30.3 Å². The molecule has 0 bridgehead atoms. The van der Waals surface area contributed by atoms with Gasteiger partial charge in [-0.3, -0.25) is 4.79 Å². The van der Waals surface area contributed by atoms with E-state index in [9.17, 15) is 4.79 Å². The van der Waals surface area contributed by atoms with Crippen LogP contribution in [0.15, 0.2) is 54.7 Å². The average molecular weight is 308 g/mol. The largest absolute Gasteiger partial charge is 0.392 e. The van der Waals surface area contributed by atoms with Gasteiger partial charge in [0, 0.05) is 29.2 Å². The summed E-state index contributed by atoms with van der Waals surface area (Å²) < 4.78 is 0. The van der Waals surface area contributed by atoms with Gasteiger partial charge in [-0.15, -0.1) is 0 Å². The first-order valence-corrected chi connectivity index (χ1v) is 7.81. The van der Waals surface area contributed by atoms with E-state index >= 15 is 0 Å². The Bertz CT molecular complexity index is 808. The van der Waals surface area contributed by atoms with E-state index in [-0.39, 0.29) is 12.5 Å². The molecule has 3 N–H and O–H groups in total. The summed E-state index contributed by atoms with van der Waals surface area (Å²) in [5.74, 6) is -0.0000638. The standard InChI is InChI=1S/C19H20N2O2/c22-13-14-5-3-7-16(11-14)21-19(23)10-4-6-15-12-20-18-9-2-1-8-17(15)18/h1-3,5,7-9,11-12,20,22H,4,6,10,13H2,(H,21,23). The zero-order valence-electron chi connectivity index (χ0n) is 12.9. The van der Waals surface area contributed by atoms with E-state index in [2.05, 4.69) is 22.4 Å². The number of carbonyl (C=O) groups excluding carboxylic acids is 1. The molecular formula is C19H20N2O2. The van der Waals surface area contributed by atoms with Crippen molar-refractivity contribution in [3.8, 4) is 0 Å². The van der Waals surface area contributed by atoms with Crippen molar-refractivity contribution < 1.29 is 9.90 Å². The lowest BCUT2D eigenvalue weighted by atomic mass is 10.1. The van der Waals surface area contributed by atoms with Crippen molar-refractivity contribution in [2.24, 2.45) is 0 Å². The predicted molar refractivity (Wildman–Crippen MR) is 92.2 cm³/mol. The lowest BCUT2D eigenvalue weighted by molar-refractivity contribution is -0.116. The van der Waals surface area contributed by atoms with Crippen LogP contribution in [-0.4, -0.2) is 16.0 Å². The van der Waals surface area contributed by atoms with Gasteiger partial charge in [-0.2, -0.15) is 0 Å². The van der Waals surface area contributed by atoms with Crippen LogP contribution in [0.2, 0.25) is 0 Å². The summed E-state index contributed by atoms with van der Waals surface area (Å²) in [7, 11) is 0. The molecule has 0 radical (unpaired) electrons. The van der Waals surface area contributed by atoms with Crippen molar-refractivity contribution in [2.75, 3.05) is 5.32 Å². The molecule has 0 atom stereocenters. The van der Waals surface area contributed by atoms with Gasteiger partial charge < -0.3 is 15.4 Å². The summed E-state index contributed by atoms with van der Waals surface area (Å²) in [6.45, 7) is -0.0235. The molecule has 0 aliphatic carbocycles. The fourth-order valence-electron chi connectivity index (χ4n) is 2.75. The van der Waals surface area contributed by atoms with Gasteiger partial charge in [-0.25, -0.2) is 0 Å². The second kappa shape index (κ2) is 7.11. The summed E-state index contributed by atoms with van der Waals surface area (Å²) in [4.78, 5) is 15.3. The number of aromatic amines is 1. The molecule has 0 saturated heterocycles. The number of fused-ring (bicyclic) bond motifs is 1. The van der Waals surface area contributed by atoms with Crippen molar-refractivity contribution in [1.29, 1.82) is 0 Å². The minimum absolute atomic E-state index is 0.0000638. The van der Waals surface area contributed by atoms with Gasteiger partial charge in [0.05, 0.1) is 6.61 Å². The third-order valence-corrected chi connectivity index (χ3v) is 3.92. The molecule has 23 heavy (non-hydrogen) atoms. The number of aryl methyl sites for hydroxylation is 1. The molecule has 2 aromatic carbocycles. The van der Waals surface area contributed by atoms with E-state index in [1.54, 1.807) is 6.07 Å². The quantitative estimate of drug-likeness (QED) is 0.651. The molecule has 118 valence electrons. The third-order valence-electron chi connectivity index (χ3n) is 3.92. The Morgan fingerprint density at radius 3 is 2.87 bits per heavy atom. The van der Waals surface area contributed by atoms with Crippen molar-refractivity contribution >= 4 is 22.5 Å². The molecule has 0 unspecified atom stereocenters. The first-order valence-electron chi connectivity index (χ1n) is 7.81. The molecule has 0 aliphatic heterocycles. The van der Waals surface area contributed by atoms with Crippen LogP contribution in [0.4, 0.5) is 5.69 Å². The maximum Gasteiger partial charge on any atom is 0.224 e. The maximum atomic E-state index is 12.0. The van der Waals surface area contributed by atoms with Gasteiger partial charge in [0.25, 0.3) is 0 Å². The fraction of sp³-hybridized carbons (Fsp3) is 0.211. The number of aliphatic hydroxyl groups excluding tert-OH is 1. The van der Waals surface area contributed by atoms with Crippen LogP contribution in [0, 0.1) is 0 Å². The number of hydrogen-bond acceptors (Lipinski definition) is 2. The number of rotatable bonds is 6. The number of anilines is 1. The Labute approximate surface area is 135 Å². The van der Waals surface area contributed by atoms with E-state index < -0.39 is 0 Å². The van der Waals surface area contributed by atoms with Gasteiger partial charge in [0.15, 0.2) is 0 Å². The highest BCUT2D eigenvalue weighted by atomic mass is 16.3. The maximum absolute atomic E-state index is 12.0. The smallest absolute Gasteiger partial charge is 0.224 e. The molecule has 1 amide bonds. The topological polar surface area (TPSA) is 65.1 Å². The van der Waals surface area contributed by atoms with Gasteiger partial charge in [0.2, 0.25) is 5.91 Å². The zero-order valence-corrected chi connectivity index (χ0v) is 12.9. The zero-order chi connectivity index (χ0) is 16.1. The Hall–Kier alpha value is -2.59. The second-order valence-corrected chi connectivity index (χ2v) is 5.62. The first kappa shape index (κ1) is 15.3. The van der Waals surface area contributed by atoms with E-state index in [0.29, 0.717) is 6.42 Å². The van der Waals surface area contributed by atoms with Crippen molar-refractivity contribution in [1.82, 2.24) is 4.98 Å². The second-order valence-electron chi connectivity index (χ2n) is 5.62. The molecule has 1 heterocycles. The Balaban J connectivity index is 1.53. The summed E-state index contributed by atoms with van der Waals surface area (Å²) in [6.07, 6.45) is 4.16. The lowest BCUT2D eigenvalue weighted by Gasteiger charge is -2.06. The molecule has 0 spiro atoms. The highest BCUT2D eigenvalue weighted by Gasteiger charge is 2.06. The number of para-hydroxylation sites is 1. The highest BCUT2D eigenvalue weighted by Crippen LogP contribution is 2.19. The van der Waals surface area contributed by atoms with Crippen LogP contribution < -0.4 is 5.32 Å². The van der Waals surface area contributed by atoms with Gasteiger partial charge >= 0.3 is 0 Å². The number of carbonyl (C=O) groups is 1. The SMILES string of the molecule is O=C(CCCc1c[nH]c2ccccc12)Nc1cccc(CO)c1. The molecular weight excluding hydrogens is 288 g/mol. The molecule has 1 aromatic heterocycles. The Morgan fingerprint density at radius 1 is 1.13 bits per heavy atom. The summed E-state index contributed by atoms with van der Waals surface area (Å²) in [6, 6.07) is 15.5. The molecule has 0 saturated carbocycles. The molecule has 3 aromatic rings. The van der Waals surface area contributed by atoms with Crippen LogP contribution in [0.5, 0.6) is 0 Å². The highest BCUT2D eigenvalue weighted by molar-refractivity contribution is 5.90. The number of H-pyrrole nitrogens is 1. The normalized spacial score (nSPS) is 10.8. The van der Waals surface area contributed by atoms with E-state index in [1.165, 1.54) is 10.9 Å². The van der Waals surface area contributed by atoms with Gasteiger partial charge in [0.1, 0.15) is 0 Å². The van der Waals surface area contributed by atoms with Crippen LogP contribution in [-0.2, 0) is 17.8 Å². The Morgan fingerprint density at radius 2 is 2.00 bits per heavy atom. The van der Waals surface area contributed by atoms with Crippen molar-refractivity contribution in [3.05, 3.63) is 65.9 Å². The lowest BCUT2D eigenvalue weighted by Crippen LogP contribution is -2.11. The number of hydrogen-bond donors (Lipinski definition) is 3. The van der Waals surface area contributed by atoms with E-state index in [0.717, 1.165) is 29.6 Å². The minimum Gasteiger partial charge on any atom is -0.392 e. The summed E-state index contributed by atoms with van der Waals surface area (Å²) >= 11 is 0. The van der Waals surface area contributed by atoms with Crippen molar-refractivity contribution in [3.63, 3.8) is 0 Å². The molecule has 0 fully saturated rings. The van der Waals surface area contributed by atoms with E-state index in [1.807, 2.05) is 36.5 Å². The summed E-state index contributed by atoms with van der Waals surface area (Å²) in [5, 5.41) is 13.2. The monoisotopic (exact) mass is 308 g/mol. The molecule has 0 aliphatic rings.